The van der Waals surface area contributed by atoms with E-state index >= 15 is 0 Å². The first-order valence-corrected chi connectivity index (χ1v) is 8.42. The second-order valence-electron chi connectivity index (χ2n) is 6.65. The number of hydrogen-bond acceptors (Lipinski definition) is 3. The molecule has 2 N–H and O–H groups in total. The summed E-state index contributed by atoms with van der Waals surface area (Å²) in [5.41, 5.74) is 6.59. The summed E-state index contributed by atoms with van der Waals surface area (Å²) < 4.78 is 13.6. The summed E-state index contributed by atoms with van der Waals surface area (Å²) in [7, 11) is 0. The van der Waals surface area contributed by atoms with Crippen molar-refractivity contribution >= 4 is 17.5 Å². The van der Waals surface area contributed by atoms with E-state index in [4.69, 9.17) is 5.73 Å². The number of rotatable bonds is 7. The molecule has 2 aromatic rings. The minimum atomic E-state index is -1.28. The van der Waals surface area contributed by atoms with Gasteiger partial charge in [0, 0.05) is 11.5 Å². The standard InChI is InChI=1S/C21H22FNO3/c1-12(2)19(24)18(21(23)26)17(14-7-5-4-6-8-14)20(25)15-9-10-16(22)13(3)11-15/h4-12,17-18H,1-3H3,(H2,23,26). The molecule has 0 heterocycles. The van der Waals surface area contributed by atoms with Gasteiger partial charge in [0.25, 0.3) is 0 Å². The van der Waals surface area contributed by atoms with Crippen LogP contribution in [0.3, 0.4) is 0 Å². The lowest BCUT2D eigenvalue weighted by Crippen LogP contribution is -2.40. The van der Waals surface area contributed by atoms with Crippen LogP contribution in [0.15, 0.2) is 48.5 Å². The SMILES string of the molecule is Cc1cc(C(=O)C(c2ccccc2)C(C(N)=O)C(=O)C(C)C)ccc1F. The molecule has 2 aromatic carbocycles. The van der Waals surface area contributed by atoms with Gasteiger partial charge in [0.15, 0.2) is 5.78 Å². The van der Waals surface area contributed by atoms with E-state index in [1.165, 1.54) is 18.2 Å². The quantitative estimate of drug-likeness (QED) is 0.610. The molecule has 0 fully saturated rings. The Morgan fingerprint density at radius 1 is 1.00 bits per heavy atom. The summed E-state index contributed by atoms with van der Waals surface area (Å²) in [5.74, 6) is -4.88. The van der Waals surface area contributed by atoms with Crippen LogP contribution in [-0.4, -0.2) is 17.5 Å². The lowest BCUT2D eigenvalue weighted by molar-refractivity contribution is -0.134. The lowest BCUT2D eigenvalue weighted by Gasteiger charge is -2.25. The van der Waals surface area contributed by atoms with Crippen molar-refractivity contribution < 1.29 is 18.8 Å². The second kappa shape index (κ2) is 8.04. The zero-order valence-electron chi connectivity index (χ0n) is 15.0. The Labute approximate surface area is 152 Å². The summed E-state index contributed by atoms with van der Waals surface area (Å²) in [6.45, 7) is 4.87. The molecular formula is C21H22FNO3. The Balaban J connectivity index is 2.60. The molecular weight excluding hydrogens is 333 g/mol. The van der Waals surface area contributed by atoms with Crippen LogP contribution in [0, 0.1) is 24.6 Å². The van der Waals surface area contributed by atoms with Gasteiger partial charge in [0.1, 0.15) is 17.5 Å². The van der Waals surface area contributed by atoms with Gasteiger partial charge in [-0.05, 0) is 36.2 Å². The van der Waals surface area contributed by atoms with E-state index in [9.17, 15) is 18.8 Å². The first-order chi connectivity index (χ1) is 12.2. The normalized spacial score (nSPS) is 13.3. The smallest absolute Gasteiger partial charge is 0.229 e. The van der Waals surface area contributed by atoms with Gasteiger partial charge in [-0.1, -0.05) is 44.2 Å². The fraction of sp³-hybridized carbons (Fsp3) is 0.286. The third-order valence-corrected chi connectivity index (χ3v) is 4.40. The fourth-order valence-electron chi connectivity index (χ4n) is 2.96. The molecule has 26 heavy (non-hydrogen) atoms. The summed E-state index contributed by atoms with van der Waals surface area (Å²) >= 11 is 0. The fourth-order valence-corrected chi connectivity index (χ4v) is 2.96. The van der Waals surface area contributed by atoms with Gasteiger partial charge in [-0.2, -0.15) is 0 Å². The first-order valence-electron chi connectivity index (χ1n) is 8.42. The van der Waals surface area contributed by atoms with E-state index in [-0.39, 0.29) is 5.56 Å². The van der Waals surface area contributed by atoms with E-state index < -0.39 is 41.0 Å². The van der Waals surface area contributed by atoms with Crippen molar-refractivity contribution in [2.24, 2.45) is 17.6 Å². The van der Waals surface area contributed by atoms with Crippen molar-refractivity contribution in [2.75, 3.05) is 0 Å². The van der Waals surface area contributed by atoms with Crippen LogP contribution in [0.4, 0.5) is 4.39 Å². The van der Waals surface area contributed by atoms with E-state index in [0.29, 0.717) is 11.1 Å². The number of aryl methyl sites for hydroxylation is 1. The van der Waals surface area contributed by atoms with Crippen molar-refractivity contribution in [3.63, 3.8) is 0 Å². The van der Waals surface area contributed by atoms with Crippen molar-refractivity contribution in [3.8, 4) is 0 Å². The van der Waals surface area contributed by atoms with Gasteiger partial charge >= 0.3 is 0 Å². The highest BCUT2D eigenvalue weighted by molar-refractivity contribution is 6.11. The number of primary amides is 1. The Morgan fingerprint density at radius 2 is 1.62 bits per heavy atom. The number of hydrogen-bond donors (Lipinski definition) is 1. The van der Waals surface area contributed by atoms with Gasteiger partial charge in [-0.25, -0.2) is 4.39 Å². The average molecular weight is 355 g/mol. The topological polar surface area (TPSA) is 77.2 Å². The van der Waals surface area contributed by atoms with Gasteiger partial charge in [0.05, 0.1) is 5.92 Å². The van der Waals surface area contributed by atoms with Crippen LogP contribution in [0.25, 0.3) is 0 Å². The molecule has 0 radical (unpaired) electrons. The average Bonchev–Trinajstić information content (AvgIpc) is 2.61. The third kappa shape index (κ3) is 4.04. The Hall–Kier alpha value is -2.82. The molecule has 0 bridgehead atoms. The van der Waals surface area contributed by atoms with Crippen molar-refractivity contribution in [2.45, 2.75) is 26.7 Å². The molecule has 2 rings (SSSR count). The van der Waals surface area contributed by atoms with E-state index in [0.717, 1.165) is 0 Å². The Kier molecular flexibility index (Phi) is 6.03. The number of carbonyl (C=O) groups is 3. The maximum absolute atomic E-state index is 13.6. The third-order valence-electron chi connectivity index (χ3n) is 4.40. The molecule has 0 aliphatic heterocycles. The minimum absolute atomic E-state index is 0.237. The van der Waals surface area contributed by atoms with Gasteiger partial charge in [-0.15, -0.1) is 0 Å². The zero-order chi connectivity index (χ0) is 19.4. The van der Waals surface area contributed by atoms with E-state index in [1.807, 2.05) is 0 Å². The van der Waals surface area contributed by atoms with E-state index in [2.05, 4.69) is 0 Å². The number of amides is 1. The molecule has 0 saturated carbocycles. The van der Waals surface area contributed by atoms with E-state index in [1.54, 1.807) is 51.1 Å². The van der Waals surface area contributed by atoms with Crippen LogP contribution < -0.4 is 5.73 Å². The summed E-state index contributed by atoms with van der Waals surface area (Å²) in [6, 6.07) is 12.6. The van der Waals surface area contributed by atoms with Crippen LogP contribution >= 0.6 is 0 Å². The predicted molar refractivity (Wildman–Crippen MR) is 97.2 cm³/mol. The number of nitrogens with two attached hydrogens (primary N) is 1. The number of ketones is 2. The largest absolute Gasteiger partial charge is 0.369 e. The molecule has 0 aliphatic carbocycles. The molecule has 1 amide bonds. The van der Waals surface area contributed by atoms with Gasteiger partial charge in [0.2, 0.25) is 5.91 Å². The number of Topliss-reactive ketones (excluding diaryl/α,β-unsaturated/α-hetero) is 2. The minimum Gasteiger partial charge on any atom is -0.369 e. The molecule has 0 spiro atoms. The molecule has 2 atom stereocenters. The van der Waals surface area contributed by atoms with Crippen LogP contribution in [0.5, 0.6) is 0 Å². The van der Waals surface area contributed by atoms with Crippen LogP contribution in [0.2, 0.25) is 0 Å². The van der Waals surface area contributed by atoms with Crippen LogP contribution in [-0.2, 0) is 9.59 Å². The number of halogens is 1. The van der Waals surface area contributed by atoms with Crippen molar-refractivity contribution in [1.29, 1.82) is 0 Å². The highest BCUT2D eigenvalue weighted by Crippen LogP contribution is 2.31. The summed E-state index contributed by atoms with van der Waals surface area (Å²) in [6.07, 6.45) is 0. The highest BCUT2D eigenvalue weighted by Gasteiger charge is 2.40. The lowest BCUT2D eigenvalue weighted by atomic mass is 9.75. The molecule has 136 valence electrons. The molecule has 0 aromatic heterocycles. The monoisotopic (exact) mass is 355 g/mol. The Bertz CT molecular complexity index is 830. The van der Waals surface area contributed by atoms with Gasteiger partial charge in [-0.3, -0.25) is 14.4 Å². The molecule has 4 nitrogen and oxygen atoms in total. The first kappa shape index (κ1) is 19.5. The van der Waals surface area contributed by atoms with Crippen molar-refractivity contribution in [3.05, 3.63) is 71.0 Å². The molecule has 0 saturated heterocycles. The maximum atomic E-state index is 13.6. The zero-order valence-corrected chi connectivity index (χ0v) is 15.0. The molecule has 0 aliphatic rings. The number of carbonyl (C=O) groups excluding carboxylic acids is 3. The van der Waals surface area contributed by atoms with Gasteiger partial charge < -0.3 is 5.73 Å². The predicted octanol–water partition coefficient (Wildman–Crippen LogP) is 3.43. The van der Waals surface area contributed by atoms with Crippen molar-refractivity contribution in [1.82, 2.24) is 0 Å². The highest BCUT2D eigenvalue weighted by atomic mass is 19.1. The number of benzene rings is 2. The maximum Gasteiger partial charge on any atom is 0.229 e. The second-order valence-corrected chi connectivity index (χ2v) is 6.65. The molecule has 5 heteroatoms. The Morgan fingerprint density at radius 3 is 2.12 bits per heavy atom. The summed E-state index contributed by atoms with van der Waals surface area (Å²) in [5, 5.41) is 0. The van der Waals surface area contributed by atoms with Crippen LogP contribution in [0.1, 0.15) is 41.3 Å². The molecule has 2 unspecified atom stereocenters. The summed E-state index contributed by atoms with van der Waals surface area (Å²) in [4.78, 5) is 37.9.